The predicted molar refractivity (Wildman–Crippen MR) is 62.4 cm³/mol. The van der Waals surface area contributed by atoms with Crippen molar-refractivity contribution in [3.63, 3.8) is 0 Å². The third kappa shape index (κ3) is 4.99. The van der Waals surface area contributed by atoms with Gasteiger partial charge in [-0.1, -0.05) is 11.6 Å². The Balaban J connectivity index is 2.41. The van der Waals surface area contributed by atoms with Crippen LogP contribution in [0.1, 0.15) is 38.5 Å². The third-order valence-corrected chi connectivity index (χ3v) is 2.82. The molecule has 0 aromatic carbocycles. The average Bonchev–Trinajstić information content (AvgIpc) is 2.29. The molecule has 3 N–H and O–H groups in total. The lowest BCUT2D eigenvalue weighted by Crippen LogP contribution is -2.41. The molecule has 0 bridgehead atoms. The van der Waals surface area contributed by atoms with Crippen LogP contribution in [-0.4, -0.2) is 34.7 Å². The summed E-state index contributed by atoms with van der Waals surface area (Å²) in [6.45, 7) is -0.250. The van der Waals surface area contributed by atoms with Gasteiger partial charge < -0.3 is 15.5 Å². The summed E-state index contributed by atoms with van der Waals surface area (Å²) in [6.07, 6.45) is 6.55. The molecule has 0 heterocycles. The standard InChI is InChI=1S/C12H19NO4/c14-7-6-10(12(16)17)13-11(15)8-9-4-2-1-3-5-9/h4,10,14H,1-3,5-8H2,(H,13,15)(H,16,17)/t10-/m1/s1. The molecule has 1 aliphatic rings. The molecule has 0 saturated carbocycles. The van der Waals surface area contributed by atoms with E-state index in [1.165, 1.54) is 0 Å². The fourth-order valence-electron chi connectivity index (χ4n) is 1.90. The molecule has 0 aliphatic heterocycles. The van der Waals surface area contributed by atoms with Crippen molar-refractivity contribution in [2.75, 3.05) is 6.61 Å². The minimum absolute atomic E-state index is 0.0418. The summed E-state index contributed by atoms with van der Waals surface area (Å²) in [5, 5.41) is 19.9. The van der Waals surface area contributed by atoms with Crippen molar-refractivity contribution in [3.8, 4) is 0 Å². The van der Waals surface area contributed by atoms with Crippen LogP contribution in [-0.2, 0) is 9.59 Å². The molecule has 96 valence electrons. The molecule has 0 aromatic rings. The smallest absolute Gasteiger partial charge is 0.326 e. The Bertz CT molecular complexity index is 312. The highest BCUT2D eigenvalue weighted by molar-refractivity contribution is 5.84. The number of carboxylic acids is 1. The molecular weight excluding hydrogens is 222 g/mol. The van der Waals surface area contributed by atoms with E-state index in [9.17, 15) is 9.59 Å². The number of carbonyl (C=O) groups excluding carboxylic acids is 1. The molecule has 5 heteroatoms. The molecule has 0 saturated heterocycles. The molecule has 0 fully saturated rings. The van der Waals surface area contributed by atoms with E-state index >= 15 is 0 Å². The van der Waals surface area contributed by atoms with E-state index in [0.717, 1.165) is 31.3 Å². The van der Waals surface area contributed by atoms with Crippen molar-refractivity contribution >= 4 is 11.9 Å². The second-order valence-electron chi connectivity index (χ2n) is 4.26. The van der Waals surface area contributed by atoms with Crippen molar-refractivity contribution in [1.29, 1.82) is 0 Å². The van der Waals surface area contributed by atoms with Crippen LogP contribution >= 0.6 is 0 Å². The van der Waals surface area contributed by atoms with Crippen molar-refractivity contribution < 1.29 is 19.8 Å². The van der Waals surface area contributed by atoms with Gasteiger partial charge in [-0.25, -0.2) is 4.79 Å². The lowest BCUT2D eigenvalue weighted by molar-refractivity contribution is -0.142. The first-order valence-corrected chi connectivity index (χ1v) is 5.94. The molecule has 5 nitrogen and oxygen atoms in total. The normalized spacial score (nSPS) is 17.1. The average molecular weight is 241 g/mol. The van der Waals surface area contributed by atoms with Gasteiger partial charge in [-0.15, -0.1) is 0 Å². The second kappa shape index (κ2) is 7.06. The van der Waals surface area contributed by atoms with Crippen LogP contribution < -0.4 is 5.32 Å². The number of hydrogen-bond acceptors (Lipinski definition) is 3. The van der Waals surface area contributed by atoms with Gasteiger partial charge in [0.25, 0.3) is 0 Å². The quantitative estimate of drug-likeness (QED) is 0.601. The summed E-state index contributed by atoms with van der Waals surface area (Å²) in [6, 6.07) is -0.989. The zero-order chi connectivity index (χ0) is 12.7. The number of hydrogen-bond donors (Lipinski definition) is 3. The number of aliphatic carboxylic acids is 1. The molecule has 0 spiro atoms. The van der Waals surface area contributed by atoms with E-state index in [1.807, 2.05) is 0 Å². The molecule has 0 aromatic heterocycles. The van der Waals surface area contributed by atoms with Gasteiger partial charge in [0.2, 0.25) is 5.91 Å². The highest BCUT2D eigenvalue weighted by atomic mass is 16.4. The fraction of sp³-hybridized carbons (Fsp3) is 0.667. The Hall–Kier alpha value is -1.36. The zero-order valence-electron chi connectivity index (χ0n) is 9.82. The van der Waals surface area contributed by atoms with Gasteiger partial charge in [0.1, 0.15) is 6.04 Å². The number of nitrogens with one attached hydrogen (secondary N) is 1. The summed E-state index contributed by atoms with van der Waals surface area (Å²) < 4.78 is 0. The van der Waals surface area contributed by atoms with Crippen molar-refractivity contribution in [1.82, 2.24) is 5.32 Å². The topological polar surface area (TPSA) is 86.6 Å². The maximum absolute atomic E-state index is 11.6. The first-order chi connectivity index (χ1) is 8.13. The maximum Gasteiger partial charge on any atom is 0.326 e. The fourth-order valence-corrected chi connectivity index (χ4v) is 1.90. The highest BCUT2D eigenvalue weighted by Crippen LogP contribution is 2.19. The number of allylic oxidation sites excluding steroid dienone is 1. The molecule has 0 radical (unpaired) electrons. The summed E-state index contributed by atoms with van der Waals surface area (Å²) in [5.74, 6) is -1.39. The first kappa shape index (κ1) is 13.7. The van der Waals surface area contributed by atoms with Crippen LogP contribution in [0.2, 0.25) is 0 Å². The number of carboxylic acid groups (broad SMARTS) is 1. The highest BCUT2D eigenvalue weighted by Gasteiger charge is 2.19. The molecule has 17 heavy (non-hydrogen) atoms. The summed E-state index contributed by atoms with van der Waals surface area (Å²) in [7, 11) is 0. The van der Waals surface area contributed by atoms with Gasteiger partial charge in [-0.05, 0) is 25.7 Å². The summed E-state index contributed by atoms with van der Waals surface area (Å²) in [4.78, 5) is 22.4. The van der Waals surface area contributed by atoms with E-state index in [0.29, 0.717) is 0 Å². The monoisotopic (exact) mass is 241 g/mol. The number of carbonyl (C=O) groups is 2. The SMILES string of the molecule is O=C(CC1=CCCCC1)N[C@H](CCO)C(=O)O. The Morgan fingerprint density at radius 2 is 2.18 bits per heavy atom. The van der Waals surface area contributed by atoms with E-state index in [2.05, 4.69) is 11.4 Å². The van der Waals surface area contributed by atoms with Crippen molar-refractivity contribution in [2.24, 2.45) is 0 Å². The molecule has 1 rings (SSSR count). The van der Waals surface area contributed by atoms with E-state index in [1.54, 1.807) is 0 Å². The number of aliphatic hydroxyl groups excluding tert-OH is 1. The lowest BCUT2D eigenvalue weighted by Gasteiger charge is -2.16. The largest absolute Gasteiger partial charge is 0.480 e. The lowest BCUT2D eigenvalue weighted by atomic mass is 9.97. The second-order valence-corrected chi connectivity index (χ2v) is 4.26. The van der Waals surface area contributed by atoms with Gasteiger partial charge >= 0.3 is 5.97 Å². The molecule has 1 aliphatic carbocycles. The molecule has 0 unspecified atom stereocenters. The van der Waals surface area contributed by atoms with Crippen LogP contribution in [0.15, 0.2) is 11.6 Å². The first-order valence-electron chi connectivity index (χ1n) is 5.94. The molecular formula is C12H19NO4. The number of aliphatic hydroxyl groups is 1. The summed E-state index contributed by atoms with van der Waals surface area (Å²) >= 11 is 0. The number of rotatable bonds is 6. The van der Waals surface area contributed by atoms with Gasteiger partial charge in [0.05, 0.1) is 0 Å². The molecule has 1 atom stereocenters. The number of amides is 1. The minimum Gasteiger partial charge on any atom is -0.480 e. The maximum atomic E-state index is 11.6. The van der Waals surface area contributed by atoms with Crippen molar-refractivity contribution in [2.45, 2.75) is 44.6 Å². The van der Waals surface area contributed by atoms with Crippen molar-refractivity contribution in [3.05, 3.63) is 11.6 Å². The van der Waals surface area contributed by atoms with Crippen LogP contribution in [0.3, 0.4) is 0 Å². The third-order valence-electron chi connectivity index (χ3n) is 2.82. The van der Waals surface area contributed by atoms with Gasteiger partial charge in [-0.3, -0.25) is 4.79 Å². The van der Waals surface area contributed by atoms with Crippen LogP contribution in [0.4, 0.5) is 0 Å². The Labute approximate surface area is 101 Å². The van der Waals surface area contributed by atoms with Crippen LogP contribution in [0.25, 0.3) is 0 Å². The zero-order valence-corrected chi connectivity index (χ0v) is 9.82. The van der Waals surface area contributed by atoms with Crippen LogP contribution in [0, 0.1) is 0 Å². The predicted octanol–water partition coefficient (Wildman–Crippen LogP) is 0.829. The Kier molecular flexibility index (Phi) is 5.69. The van der Waals surface area contributed by atoms with E-state index < -0.39 is 12.0 Å². The minimum atomic E-state index is -1.11. The van der Waals surface area contributed by atoms with E-state index in [4.69, 9.17) is 10.2 Å². The van der Waals surface area contributed by atoms with Gasteiger partial charge in [0, 0.05) is 19.4 Å². The van der Waals surface area contributed by atoms with Crippen LogP contribution in [0.5, 0.6) is 0 Å². The Morgan fingerprint density at radius 1 is 1.41 bits per heavy atom. The van der Waals surface area contributed by atoms with E-state index in [-0.39, 0.29) is 25.4 Å². The van der Waals surface area contributed by atoms with Gasteiger partial charge in [-0.2, -0.15) is 0 Å². The van der Waals surface area contributed by atoms with Gasteiger partial charge in [0.15, 0.2) is 0 Å². The Morgan fingerprint density at radius 3 is 2.71 bits per heavy atom. The molecule has 1 amide bonds. The summed E-state index contributed by atoms with van der Waals surface area (Å²) in [5.41, 5.74) is 1.09.